The maximum absolute atomic E-state index is 6.46. The lowest BCUT2D eigenvalue weighted by atomic mass is 9.92. The SMILES string of the molecule is S[C@H]1CC1c1ccc(-c2ccc3oc4cc5c(cc4c3c2)oc2ccc(-c3cccc(-c4ccccc4)c3)cc25)cc1-c1ccccc1. The Morgan fingerprint density at radius 3 is 1.44 bits per heavy atom. The van der Waals surface area contributed by atoms with Crippen molar-refractivity contribution in [2.75, 3.05) is 0 Å². The Morgan fingerprint density at radius 1 is 0.396 bits per heavy atom. The molecule has 2 atom stereocenters. The van der Waals surface area contributed by atoms with Gasteiger partial charge in [-0.2, -0.15) is 12.6 Å². The van der Waals surface area contributed by atoms with Crippen molar-refractivity contribution >= 4 is 56.5 Å². The van der Waals surface area contributed by atoms with E-state index in [0.717, 1.165) is 55.9 Å². The first-order valence-corrected chi connectivity index (χ1v) is 17.0. The van der Waals surface area contributed by atoms with Crippen molar-refractivity contribution in [3.63, 3.8) is 0 Å². The third kappa shape index (κ3) is 4.57. The van der Waals surface area contributed by atoms with Crippen molar-refractivity contribution in [2.24, 2.45) is 0 Å². The zero-order chi connectivity index (χ0) is 31.8. The summed E-state index contributed by atoms with van der Waals surface area (Å²) < 4.78 is 12.9. The fraction of sp³-hybridized carbons (Fsp3) is 0.0667. The van der Waals surface area contributed by atoms with Crippen molar-refractivity contribution in [1.29, 1.82) is 0 Å². The minimum absolute atomic E-state index is 0.444. The van der Waals surface area contributed by atoms with Crippen molar-refractivity contribution in [1.82, 2.24) is 0 Å². The summed E-state index contributed by atoms with van der Waals surface area (Å²) in [6, 6.07) is 54.2. The molecule has 228 valence electrons. The Morgan fingerprint density at radius 2 is 0.854 bits per heavy atom. The topological polar surface area (TPSA) is 26.3 Å². The smallest absolute Gasteiger partial charge is 0.136 e. The third-order valence-corrected chi connectivity index (χ3v) is 10.6. The molecule has 0 spiro atoms. The first-order chi connectivity index (χ1) is 23.7. The molecule has 48 heavy (non-hydrogen) atoms. The Hall–Kier alpha value is -5.51. The van der Waals surface area contributed by atoms with E-state index >= 15 is 0 Å². The number of benzene rings is 7. The van der Waals surface area contributed by atoms with Gasteiger partial charge in [-0.25, -0.2) is 0 Å². The standard InChI is InChI=1S/C45H30O2S/c48-45-26-40(45)34-17-14-31(21-35(34)28-10-5-2-6-11-28)33-16-19-42-37(23-33)39-25-43-38(24-44(39)47-42)36-22-32(15-18-41(36)46-43)30-13-7-12-29(20-30)27-8-3-1-4-9-27/h1-25,40,45,48H,26H2/t40?,45-/m0/s1. The predicted octanol–water partition coefficient (Wildman–Crippen LogP) is 12.9. The van der Waals surface area contributed by atoms with E-state index in [9.17, 15) is 0 Å². The number of hydrogen-bond donors (Lipinski definition) is 1. The summed E-state index contributed by atoms with van der Waals surface area (Å²) in [6.07, 6.45) is 1.13. The van der Waals surface area contributed by atoms with Gasteiger partial charge >= 0.3 is 0 Å². The van der Waals surface area contributed by atoms with Gasteiger partial charge in [0.25, 0.3) is 0 Å². The van der Waals surface area contributed by atoms with Gasteiger partial charge in [-0.1, -0.05) is 103 Å². The molecule has 7 aromatic carbocycles. The van der Waals surface area contributed by atoms with Crippen LogP contribution in [0.15, 0.2) is 160 Å². The molecule has 0 N–H and O–H groups in total. The summed E-state index contributed by atoms with van der Waals surface area (Å²) in [7, 11) is 0. The molecule has 0 saturated heterocycles. The first-order valence-electron chi connectivity index (χ1n) is 16.5. The van der Waals surface area contributed by atoms with E-state index in [1.807, 2.05) is 0 Å². The van der Waals surface area contributed by atoms with Gasteiger partial charge in [0.2, 0.25) is 0 Å². The molecule has 2 nitrogen and oxygen atoms in total. The highest BCUT2D eigenvalue weighted by molar-refractivity contribution is 7.81. The van der Waals surface area contributed by atoms with Crippen LogP contribution >= 0.6 is 12.6 Å². The van der Waals surface area contributed by atoms with Crippen LogP contribution in [0.5, 0.6) is 0 Å². The maximum Gasteiger partial charge on any atom is 0.136 e. The van der Waals surface area contributed by atoms with E-state index in [-0.39, 0.29) is 0 Å². The van der Waals surface area contributed by atoms with Crippen LogP contribution in [0.2, 0.25) is 0 Å². The second-order valence-corrected chi connectivity index (χ2v) is 13.7. The second kappa shape index (κ2) is 10.8. The van der Waals surface area contributed by atoms with Crippen LogP contribution in [0.25, 0.3) is 88.4 Å². The Labute approximate surface area is 283 Å². The number of hydrogen-bond acceptors (Lipinski definition) is 3. The molecule has 2 aromatic heterocycles. The van der Waals surface area contributed by atoms with Gasteiger partial charge in [0.15, 0.2) is 0 Å². The molecule has 3 heteroatoms. The lowest BCUT2D eigenvalue weighted by molar-refractivity contribution is 0.664. The van der Waals surface area contributed by atoms with Gasteiger partial charge in [0.05, 0.1) is 0 Å². The molecule has 0 aliphatic heterocycles. The van der Waals surface area contributed by atoms with Crippen LogP contribution in [0.3, 0.4) is 0 Å². The van der Waals surface area contributed by atoms with Crippen LogP contribution in [-0.2, 0) is 0 Å². The predicted molar refractivity (Wildman–Crippen MR) is 203 cm³/mol. The average molecular weight is 635 g/mol. The van der Waals surface area contributed by atoms with Crippen LogP contribution in [0.4, 0.5) is 0 Å². The molecule has 0 radical (unpaired) electrons. The molecule has 9 aromatic rings. The van der Waals surface area contributed by atoms with Gasteiger partial charge in [-0.05, 0) is 111 Å². The van der Waals surface area contributed by atoms with E-state index in [1.54, 1.807) is 0 Å². The normalized spacial score (nSPS) is 15.9. The Kier molecular flexibility index (Phi) is 6.19. The van der Waals surface area contributed by atoms with Gasteiger partial charge in [-0.15, -0.1) is 0 Å². The highest BCUT2D eigenvalue weighted by Crippen LogP contribution is 2.49. The van der Waals surface area contributed by atoms with Gasteiger partial charge in [0, 0.05) is 26.8 Å². The largest absolute Gasteiger partial charge is 0.456 e. The highest BCUT2D eigenvalue weighted by atomic mass is 32.1. The number of thiol groups is 1. The van der Waals surface area contributed by atoms with Gasteiger partial charge in [-0.3, -0.25) is 0 Å². The maximum atomic E-state index is 6.46. The summed E-state index contributed by atoms with van der Waals surface area (Å²) in [5, 5.41) is 4.74. The summed E-state index contributed by atoms with van der Waals surface area (Å²) in [5.41, 5.74) is 14.5. The molecular formula is C45H30O2S. The summed E-state index contributed by atoms with van der Waals surface area (Å²) in [5.74, 6) is 0.514. The molecule has 1 unspecified atom stereocenters. The van der Waals surface area contributed by atoms with Crippen molar-refractivity contribution in [3.05, 3.63) is 157 Å². The minimum atomic E-state index is 0.444. The molecule has 2 heterocycles. The zero-order valence-corrected chi connectivity index (χ0v) is 27.0. The second-order valence-electron chi connectivity index (χ2n) is 13.0. The summed E-state index contributed by atoms with van der Waals surface area (Å²) >= 11 is 4.77. The Balaban J connectivity index is 1.06. The van der Waals surface area contributed by atoms with E-state index in [4.69, 9.17) is 21.5 Å². The van der Waals surface area contributed by atoms with Crippen LogP contribution in [0.1, 0.15) is 17.9 Å². The van der Waals surface area contributed by atoms with Crippen LogP contribution in [-0.4, -0.2) is 5.25 Å². The molecule has 1 fully saturated rings. The highest BCUT2D eigenvalue weighted by Gasteiger charge is 2.36. The molecule has 10 rings (SSSR count). The summed E-state index contributed by atoms with van der Waals surface area (Å²) in [6.45, 7) is 0. The Bertz CT molecular complexity index is 2660. The van der Waals surface area contributed by atoms with E-state index < -0.39 is 0 Å². The van der Waals surface area contributed by atoms with E-state index in [1.165, 1.54) is 44.5 Å². The fourth-order valence-electron chi connectivity index (χ4n) is 7.36. The quantitative estimate of drug-likeness (QED) is 0.191. The molecule has 0 amide bonds. The molecular weight excluding hydrogens is 605 g/mol. The lowest BCUT2D eigenvalue weighted by Gasteiger charge is -2.13. The molecule has 1 saturated carbocycles. The fourth-order valence-corrected chi connectivity index (χ4v) is 7.74. The van der Waals surface area contributed by atoms with Crippen molar-refractivity contribution in [2.45, 2.75) is 17.6 Å². The number of fused-ring (bicyclic) bond motifs is 6. The van der Waals surface area contributed by atoms with Gasteiger partial charge in [0.1, 0.15) is 22.3 Å². The van der Waals surface area contributed by atoms with Crippen LogP contribution < -0.4 is 0 Å². The molecule has 0 bridgehead atoms. The number of rotatable bonds is 5. The lowest BCUT2D eigenvalue weighted by Crippen LogP contribution is -1.91. The molecule has 1 aliphatic carbocycles. The zero-order valence-electron chi connectivity index (χ0n) is 26.1. The minimum Gasteiger partial charge on any atom is -0.456 e. The van der Waals surface area contributed by atoms with Crippen molar-refractivity contribution < 1.29 is 8.83 Å². The van der Waals surface area contributed by atoms with E-state index in [0.29, 0.717) is 11.2 Å². The van der Waals surface area contributed by atoms with E-state index in [2.05, 4.69) is 152 Å². The van der Waals surface area contributed by atoms with Crippen molar-refractivity contribution in [3.8, 4) is 44.5 Å². The number of furan rings is 2. The van der Waals surface area contributed by atoms with Gasteiger partial charge < -0.3 is 8.83 Å². The summed E-state index contributed by atoms with van der Waals surface area (Å²) in [4.78, 5) is 0. The van der Waals surface area contributed by atoms with Crippen LogP contribution in [0, 0.1) is 0 Å². The average Bonchev–Trinajstić information content (AvgIpc) is 3.61. The molecule has 1 aliphatic rings. The third-order valence-electron chi connectivity index (χ3n) is 9.99. The first kappa shape index (κ1) is 27.6. The monoisotopic (exact) mass is 634 g/mol.